The fourth-order valence-corrected chi connectivity index (χ4v) is 3.47. The van der Waals surface area contributed by atoms with Crippen molar-refractivity contribution in [3.63, 3.8) is 0 Å². The molecule has 7 nitrogen and oxygen atoms in total. The van der Waals surface area contributed by atoms with Crippen molar-refractivity contribution in [1.82, 2.24) is 25.2 Å². The number of carbonyl (C=O) groups excluding carboxylic acids is 1. The second-order valence-corrected chi connectivity index (χ2v) is 6.16. The summed E-state index contributed by atoms with van der Waals surface area (Å²) >= 11 is 0. The van der Waals surface area contributed by atoms with E-state index in [1.165, 1.54) is 0 Å². The Hall–Kier alpha value is -1.47. The average Bonchev–Trinajstić information content (AvgIpc) is 3.13. The Labute approximate surface area is 124 Å². The van der Waals surface area contributed by atoms with Crippen LogP contribution in [0.25, 0.3) is 0 Å². The molecule has 1 amide bonds. The van der Waals surface area contributed by atoms with Gasteiger partial charge in [0.1, 0.15) is 0 Å². The molecule has 1 saturated carbocycles. The van der Waals surface area contributed by atoms with Gasteiger partial charge in [-0.1, -0.05) is 5.21 Å². The van der Waals surface area contributed by atoms with E-state index < -0.39 is 0 Å². The predicted octanol–water partition coefficient (Wildman–Crippen LogP) is -0.159. The van der Waals surface area contributed by atoms with Crippen molar-refractivity contribution in [2.24, 2.45) is 7.05 Å². The number of carbonyl (C=O) groups is 1. The SMILES string of the molecule is Cc1c(C(=O)N[C@@H]2CCC[C@@H]2N2CCC(O)C2)nnn1C. The molecule has 0 spiro atoms. The standard InChI is InChI=1S/C14H23N5O2/c1-9-13(16-17-18(9)2)14(21)15-11-4-3-5-12(11)19-7-6-10(20)8-19/h10-12,20H,3-8H2,1-2H3,(H,15,21)/t10?,11-,12+/m1/s1. The van der Waals surface area contributed by atoms with E-state index in [-0.39, 0.29) is 18.1 Å². The summed E-state index contributed by atoms with van der Waals surface area (Å²) in [6.07, 6.45) is 3.80. The highest BCUT2D eigenvalue weighted by molar-refractivity contribution is 5.93. The van der Waals surface area contributed by atoms with Crippen molar-refractivity contribution in [1.29, 1.82) is 0 Å². The van der Waals surface area contributed by atoms with Crippen molar-refractivity contribution in [2.45, 2.75) is 50.8 Å². The number of aromatic nitrogens is 3. The Balaban J connectivity index is 1.66. The quantitative estimate of drug-likeness (QED) is 0.809. The summed E-state index contributed by atoms with van der Waals surface area (Å²) < 4.78 is 1.61. The Morgan fingerprint density at radius 1 is 1.38 bits per heavy atom. The van der Waals surface area contributed by atoms with Gasteiger partial charge in [-0.2, -0.15) is 0 Å². The van der Waals surface area contributed by atoms with Gasteiger partial charge in [0.25, 0.3) is 5.91 Å². The van der Waals surface area contributed by atoms with Crippen LogP contribution in [-0.2, 0) is 7.05 Å². The summed E-state index contributed by atoms with van der Waals surface area (Å²) in [5.41, 5.74) is 1.18. The Kier molecular flexibility index (Phi) is 3.95. The molecular weight excluding hydrogens is 270 g/mol. The molecule has 3 rings (SSSR count). The normalized spacial score (nSPS) is 30.0. The lowest BCUT2D eigenvalue weighted by Crippen LogP contribution is -2.48. The topological polar surface area (TPSA) is 83.3 Å². The Bertz CT molecular complexity index is 529. The summed E-state index contributed by atoms with van der Waals surface area (Å²) in [5.74, 6) is -0.141. The predicted molar refractivity (Wildman–Crippen MR) is 76.8 cm³/mol. The lowest BCUT2D eigenvalue weighted by molar-refractivity contribution is 0.0900. The van der Waals surface area contributed by atoms with Crippen LogP contribution < -0.4 is 5.32 Å². The summed E-state index contributed by atoms with van der Waals surface area (Å²) in [6.45, 7) is 3.49. The van der Waals surface area contributed by atoms with Crippen molar-refractivity contribution in [3.8, 4) is 0 Å². The maximum atomic E-state index is 12.4. The summed E-state index contributed by atoms with van der Waals surface area (Å²) in [6, 6.07) is 0.479. The molecule has 1 aliphatic carbocycles. The third-order valence-electron chi connectivity index (χ3n) is 4.78. The highest BCUT2D eigenvalue weighted by atomic mass is 16.3. The third kappa shape index (κ3) is 2.80. The molecule has 3 atom stereocenters. The van der Waals surface area contributed by atoms with E-state index in [2.05, 4.69) is 20.5 Å². The molecule has 2 fully saturated rings. The van der Waals surface area contributed by atoms with Crippen LogP contribution >= 0.6 is 0 Å². The summed E-state index contributed by atoms with van der Waals surface area (Å²) in [7, 11) is 1.78. The molecule has 1 aliphatic heterocycles. The summed E-state index contributed by atoms with van der Waals surface area (Å²) in [4.78, 5) is 14.7. The molecule has 1 saturated heterocycles. The van der Waals surface area contributed by atoms with Gasteiger partial charge < -0.3 is 10.4 Å². The molecule has 1 aromatic rings. The van der Waals surface area contributed by atoms with Gasteiger partial charge in [-0.25, -0.2) is 0 Å². The van der Waals surface area contributed by atoms with Gasteiger partial charge in [0.15, 0.2) is 5.69 Å². The molecule has 116 valence electrons. The maximum absolute atomic E-state index is 12.4. The minimum atomic E-state index is -0.218. The van der Waals surface area contributed by atoms with Crippen LogP contribution in [0, 0.1) is 6.92 Å². The summed E-state index contributed by atoms with van der Waals surface area (Å²) in [5, 5.41) is 20.6. The Morgan fingerprint density at radius 2 is 2.19 bits per heavy atom. The van der Waals surface area contributed by atoms with Crippen molar-refractivity contribution in [3.05, 3.63) is 11.4 Å². The van der Waals surface area contributed by atoms with E-state index in [0.717, 1.165) is 44.5 Å². The van der Waals surface area contributed by atoms with Gasteiger partial charge in [0.2, 0.25) is 0 Å². The van der Waals surface area contributed by atoms with E-state index in [1.807, 2.05) is 6.92 Å². The van der Waals surface area contributed by atoms with Gasteiger partial charge in [-0.05, 0) is 32.6 Å². The van der Waals surface area contributed by atoms with Crippen LogP contribution in [0.2, 0.25) is 0 Å². The fraction of sp³-hybridized carbons (Fsp3) is 0.786. The van der Waals surface area contributed by atoms with E-state index >= 15 is 0 Å². The monoisotopic (exact) mass is 293 g/mol. The minimum absolute atomic E-state index is 0.141. The number of hydrogen-bond acceptors (Lipinski definition) is 5. The van der Waals surface area contributed by atoms with Crippen LogP contribution in [0.5, 0.6) is 0 Å². The average molecular weight is 293 g/mol. The largest absolute Gasteiger partial charge is 0.392 e. The molecule has 2 aliphatic rings. The van der Waals surface area contributed by atoms with Crippen molar-refractivity contribution in [2.75, 3.05) is 13.1 Å². The zero-order valence-electron chi connectivity index (χ0n) is 12.6. The van der Waals surface area contributed by atoms with Crippen LogP contribution in [0.3, 0.4) is 0 Å². The van der Waals surface area contributed by atoms with Crippen LogP contribution in [0.4, 0.5) is 0 Å². The molecule has 2 N–H and O–H groups in total. The number of aliphatic hydroxyl groups excluding tert-OH is 1. The van der Waals surface area contributed by atoms with Crippen LogP contribution in [-0.4, -0.2) is 62.2 Å². The van der Waals surface area contributed by atoms with Crippen molar-refractivity contribution < 1.29 is 9.90 Å². The molecule has 0 bridgehead atoms. The first kappa shape index (κ1) is 14.5. The lowest BCUT2D eigenvalue weighted by Gasteiger charge is -2.29. The number of hydrogen-bond donors (Lipinski definition) is 2. The molecular formula is C14H23N5O2. The number of aliphatic hydroxyl groups is 1. The zero-order valence-corrected chi connectivity index (χ0v) is 12.6. The second kappa shape index (κ2) is 5.73. The Morgan fingerprint density at radius 3 is 2.81 bits per heavy atom. The maximum Gasteiger partial charge on any atom is 0.274 e. The van der Waals surface area contributed by atoms with E-state index in [4.69, 9.17) is 0 Å². The second-order valence-electron chi connectivity index (χ2n) is 6.16. The molecule has 0 radical (unpaired) electrons. The number of rotatable bonds is 3. The van der Waals surface area contributed by atoms with Gasteiger partial charge in [-0.3, -0.25) is 14.4 Å². The van der Waals surface area contributed by atoms with Crippen molar-refractivity contribution >= 4 is 5.91 Å². The molecule has 1 unspecified atom stereocenters. The minimum Gasteiger partial charge on any atom is -0.392 e. The molecule has 21 heavy (non-hydrogen) atoms. The zero-order chi connectivity index (χ0) is 15.0. The number of nitrogens with zero attached hydrogens (tertiary/aromatic N) is 4. The first-order valence-electron chi connectivity index (χ1n) is 7.65. The van der Waals surface area contributed by atoms with E-state index in [9.17, 15) is 9.90 Å². The van der Waals surface area contributed by atoms with Gasteiger partial charge in [0.05, 0.1) is 11.8 Å². The number of likely N-dealkylation sites (tertiary alicyclic amines) is 1. The lowest BCUT2D eigenvalue weighted by atomic mass is 10.1. The fourth-order valence-electron chi connectivity index (χ4n) is 3.47. The highest BCUT2D eigenvalue weighted by Crippen LogP contribution is 2.27. The van der Waals surface area contributed by atoms with Gasteiger partial charge in [0, 0.05) is 32.2 Å². The third-order valence-corrected chi connectivity index (χ3v) is 4.78. The highest BCUT2D eigenvalue weighted by Gasteiger charge is 2.36. The van der Waals surface area contributed by atoms with E-state index in [1.54, 1.807) is 11.7 Å². The number of β-amino-alcohol motifs (C(OH)–C–C–N with tert-alkyl or cyclic N) is 1. The molecule has 0 aromatic carbocycles. The first-order chi connectivity index (χ1) is 10.1. The number of nitrogens with one attached hydrogen (secondary N) is 1. The molecule has 1 aromatic heterocycles. The number of amides is 1. The van der Waals surface area contributed by atoms with Gasteiger partial charge >= 0.3 is 0 Å². The van der Waals surface area contributed by atoms with Gasteiger partial charge in [-0.15, -0.1) is 5.10 Å². The molecule has 7 heteroatoms. The van der Waals surface area contributed by atoms with E-state index in [0.29, 0.717) is 11.7 Å². The number of aryl methyl sites for hydroxylation is 1. The van der Waals surface area contributed by atoms with Crippen LogP contribution in [0.1, 0.15) is 41.9 Å². The first-order valence-corrected chi connectivity index (χ1v) is 7.65. The smallest absolute Gasteiger partial charge is 0.274 e. The molecule has 2 heterocycles. The van der Waals surface area contributed by atoms with Crippen LogP contribution in [0.15, 0.2) is 0 Å².